The molecule has 8 heteroatoms. The molecule has 1 heterocycles. The molecular formula is C14H13ClN2O3S2. The van der Waals surface area contributed by atoms with E-state index in [0.717, 1.165) is 24.2 Å². The molecule has 0 spiro atoms. The minimum atomic E-state index is -3.65. The van der Waals surface area contributed by atoms with Gasteiger partial charge in [0.1, 0.15) is 4.21 Å². The van der Waals surface area contributed by atoms with E-state index in [1.165, 1.54) is 12.1 Å². The summed E-state index contributed by atoms with van der Waals surface area (Å²) in [6, 6.07) is 9.59. The average molecular weight is 357 g/mol. The van der Waals surface area contributed by atoms with Crippen LogP contribution in [-0.2, 0) is 10.0 Å². The Morgan fingerprint density at radius 3 is 2.36 bits per heavy atom. The number of thiophene rings is 1. The van der Waals surface area contributed by atoms with Crippen LogP contribution in [0.15, 0.2) is 40.6 Å². The van der Waals surface area contributed by atoms with Crippen molar-refractivity contribution in [2.45, 2.75) is 23.1 Å². The summed E-state index contributed by atoms with van der Waals surface area (Å²) >= 11 is 6.74. The molecule has 0 unspecified atom stereocenters. The van der Waals surface area contributed by atoms with Gasteiger partial charge in [0.15, 0.2) is 0 Å². The third-order valence-corrected chi connectivity index (χ3v) is 6.23. The number of carbonyl (C=O) groups is 1. The van der Waals surface area contributed by atoms with Crippen molar-refractivity contribution in [1.82, 2.24) is 5.32 Å². The zero-order valence-electron chi connectivity index (χ0n) is 11.4. The molecule has 0 saturated heterocycles. The zero-order chi connectivity index (χ0) is 15.7. The van der Waals surface area contributed by atoms with E-state index < -0.39 is 10.0 Å². The van der Waals surface area contributed by atoms with Crippen LogP contribution in [0.2, 0.25) is 4.34 Å². The molecule has 5 nitrogen and oxygen atoms in total. The summed E-state index contributed by atoms with van der Waals surface area (Å²) in [5.41, 5.74) is 0.904. The molecular weight excluding hydrogens is 344 g/mol. The van der Waals surface area contributed by atoms with Crippen LogP contribution in [0.1, 0.15) is 23.2 Å². The number of benzene rings is 1. The molecule has 3 rings (SSSR count). The molecule has 1 aliphatic rings. The normalized spacial score (nSPS) is 14.6. The van der Waals surface area contributed by atoms with Crippen LogP contribution in [0.4, 0.5) is 5.69 Å². The van der Waals surface area contributed by atoms with Crippen molar-refractivity contribution < 1.29 is 13.2 Å². The quantitative estimate of drug-likeness (QED) is 0.864. The number of hydrogen-bond acceptors (Lipinski definition) is 4. The van der Waals surface area contributed by atoms with E-state index in [4.69, 9.17) is 11.6 Å². The first kappa shape index (κ1) is 15.3. The highest BCUT2D eigenvalue weighted by atomic mass is 35.5. The zero-order valence-corrected chi connectivity index (χ0v) is 13.8. The molecule has 1 fully saturated rings. The second kappa shape index (κ2) is 5.91. The van der Waals surface area contributed by atoms with Crippen molar-refractivity contribution in [3.8, 4) is 0 Å². The number of sulfonamides is 1. The summed E-state index contributed by atoms with van der Waals surface area (Å²) in [6.45, 7) is 0. The molecule has 2 aromatic rings. The van der Waals surface area contributed by atoms with Crippen LogP contribution < -0.4 is 10.0 Å². The Balaban J connectivity index is 1.71. The number of carbonyl (C=O) groups excluding carboxylic acids is 1. The maximum Gasteiger partial charge on any atom is 0.271 e. The van der Waals surface area contributed by atoms with Crippen LogP contribution in [0.5, 0.6) is 0 Å². The van der Waals surface area contributed by atoms with Gasteiger partial charge < -0.3 is 5.32 Å². The smallest absolute Gasteiger partial charge is 0.271 e. The summed E-state index contributed by atoms with van der Waals surface area (Å²) < 4.78 is 27.3. The Bertz CT molecular complexity index is 796. The molecule has 2 N–H and O–H groups in total. The van der Waals surface area contributed by atoms with E-state index in [0.29, 0.717) is 15.6 Å². The molecule has 0 radical (unpaired) electrons. The van der Waals surface area contributed by atoms with Crippen molar-refractivity contribution in [1.29, 1.82) is 0 Å². The molecule has 1 saturated carbocycles. The molecule has 1 amide bonds. The topological polar surface area (TPSA) is 75.3 Å². The molecule has 1 aliphatic carbocycles. The van der Waals surface area contributed by atoms with Gasteiger partial charge in [-0.05, 0) is 49.2 Å². The van der Waals surface area contributed by atoms with Gasteiger partial charge in [0.2, 0.25) is 0 Å². The first-order valence-corrected chi connectivity index (χ1v) is 9.31. The van der Waals surface area contributed by atoms with Gasteiger partial charge in [0.25, 0.3) is 15.9 Å². The highest BCUT2D eigenvalue weighted by Gasteiger charge is 2.23. The fraction of sp³-hybridized carbons (Fsp3) is 0.214. The lowest BCUT2D eigenvalue weighted by Gasteiger charge is -2.07. The predicted octanol–water partition coefficient (Wildman–Crippen LogP) is 3.09. The second-order valence-electron chi connectivity index (χ2n) is 4.99. The van der Waals surface area contributed by atoms with E-state index in [-0.39, 0.29) is 16.2 Å². The highest BCUT2D eigenvalue weighted by molar-refractivity contribution is 7.94. The Hall–Kier alpha value is -1.57. The minimum absolute atomic E-state index is 0.137. The maximum absolute atomic E-state index is 12.1. The standard InChI is InChI=1S/C14H13ClN2O3S2/c15-12-7-8-13(21-12)22(19,20)17-11-3-1-9(2-4-11)14(18)16-10-5-6-10/h1-4,7-8,10,17H,5-6H2,(H,16,18). The summed E-state index contributed by atoms with van der Waals surface area (Å²) in [5.74, 6) is -0.137. The molecule has 116 valence electrons. The maximum atomic E-state index is 12.1. The largest absolute Gasteiger partial charge is 0.349 e. The fourth-order valence-electron chi connectivity index (χ4n) is 1.83. The van der Waals surface area contributed by atoms with Crippen molar-refractivity contribution in [3.63, 3.8) is 0 Å². The number of halogens is 1. The Morgan fingerprint density at radius 1 is 1.14 bits per heavy atom. The molecule has 0 bridgehead atoms. The van der Waals surface area contributed by atoms with Crippen molar-refractivity contribution in [3.05, 3.63) is 46.3 Å². The average Bonchev–Trinajstić information content (AvgIpc) is 3.16. The Morgan fingerprint density at radius 2 is 1.82 bits per heavy atom. The van der Waals surface area contributed by atoms with Crippen LogP contribution in [0.3, 0.4) is 0 Å². The predicted molar refractivity (Wildman–Crippen MR) is 87.1 cm³/mol. The van der Waals surface area contributed by atoms with Gasteiger partial charge in [-0.25, -0.2) is 8.42 Å². The summed E-state index contributed by atoms with van der Waals surface area (Å²) in [7, 11) is -3.65. The van der Waals surface area contributed by atoms with E-state index in [1.807, 2.05) is 0 Å². The van der Waals surface area contributed by atoms with E-state index in [1.54, 1.807) is 24.3 Å². The van der Waals surface area contributed by atoms with Gasteiger partial charge >= 0.3 is 0 Å². The van der Waals surface area contributed by atoms with E-state index in [2.05, 4.69) is 10.0 Å². The van der Waals surface area contributed by atoms with Gasteiger partial charge in [-0.1, -0.05) is 11.6 Å². The highest BCUT2D eigenvalue weighted by Crippen LogP contribution is 2.27. The van der Waals surface area contributed by atoms with Crippen LogP contribution in [0, 0.1) is 0 Å². The third-order valence-electron chi connectivity index (χ3n) is 3.13. The lowest BCUT2D eigenvalue weighted by molar-refractivity contribution is 0.0951. The molecule has 0 atom stereocenters. The minimum Gasteiger partial charge on any atom is -0.349 e. The van der Waals surface area contributed by atoms with Crippen molar-refractivity contribution >= 4 is 44.6 Å². The van der Waals surface area contributed by atoms with E-state index in [9.17, 15) is 13.2 Å². The number of nitrogens with one attached hydrogen (secondary N) is 2. The summed E-state index contributed by atoms with van der Waals surface area (Å²) in [5, 5.41) is 2.88. The first-order chi connectivity index (χ1) is 10.4. The lowest BCUT2D eigenvalue weighted by Crippen LogP contribution is -2.25. The van der Waals surface area contributed by atoms with Crippen molar-refractivity contribution in [2.75, 3.05) is 4.72 Å². The van der Waals surface area contributed by atoms with Crippen LogP contribution in [-0.4, -0.2) is 20.4 Å². The lowest BCUT2D eigenvalue weighted by atomic mass is 10.2. The molecule has 22 heavy (non-hydrogen) atoms. The van der Waals surface area contributed by atoms with Gasteiger partial charge in [-0.3, -0.25) is 9.52 Å². The van der Waals surface area contributed by atoms with Gasteiger partial charge in [0, 0.05) is 17.3 Å². The van der Waals surface area contributed by atoms with Gasteiger partial charge in [-0.15, -0.1) is 11.3 Å². The SMILES string of the molecule is O=C(NC1CC1)c1ccc(NS(=O)(=O)c2ccc(Cl)s2)cc1. The third kappa shape index (κ3) is 3.60. The van der Waals surface area contributed by atoms with Gasteiger partial charge in [-0.2, -0.15) is 0 Å². The molecule has 0 aliphatic heterocycles. The molecule has 1 aromatic carbocycles. The summed E-state index contributed by atoms with van der Waals surface area (Å²) in [4.78, 5) is 11.9. The monoisotopic (exact) mass is 356 g/mol. The fourth-order valence-corrected chi connectivity index (χ4v) is 4.37. The molecule has 1 aromatic heterocycles. The Kier molecular flexibility index (Phi) is 4.12. The summed E-state index contributed by atoms with van der Waals surface area (Å²) in [6.07, 6.45) is 2.04. The second-order valence-corrected chi connectivity index (χ2v) is 8.61. The number of amides is 1. The van der Waals surface area contributed by atoms with Crippen LogP contribution in [0.25, 0.3) is 0 Å². The van der Waals surface area contributed by atoms with Gasteiger partial charge in [0.05, 0.1) is 4.34 Å². The van der Waals surface area contributed by atoms with E-state index >= 15 is 0 Å². The van der Waals surface area contributed by atoms with Crippen molar-refractivity contribution in [2.24, 2.45) is 0 Å². The Labute approximate surface area is 137 Å². The number of hydrogen-bond donors (Lipinski definition) is 2. The number of anilines is 1. The first-order valence-electron chi connectivity index (χ1n) is 6.63. The van der Waals surface area contributed by atoms with Crippen LogP contribution >= 0.6 is 22.9 Å². The number of rotatable bonds is 5.